The molecular formula is C37H41ClF2N4O3. The van der Waals surface area contributed by atoms with Gasteiger partial charge in [-0.3, -0.25) is 9.69 Å². The van der Waals surface area contributed by atoms with Crippen LogP contribution in [0.25, 0.3) is 5.57 Å². The number of hydrogen-bond donors (Lipinski definition) is 2. The standard InChI is InChI=1S/C37H41ClF2N4O3/c1-22-25(4-3-5-33(22)46-2)20-44(27-10-11-27)37(45)34-29(16-26-17-41-18-32(34)42-26)24-8-6-23(7-9-24)19-43-15-14-28(21-43)47-36-31(40)13-12-30(39)35(36)38/h3-9,12-13,26-28,32,41-42H,10-11,14-21H2,1-2H3/t26-,28+,32-/m1/s1. The number of benzene rings is 3. The number of carbonyl (C=O) groups is 1. The molecule has 1 aliphatic carbocycles. The first kappa shape index (κ1) is 32.1. The number of carbonyl (C=O) groups excluding carboxylic acids is 1. The minimum Gasteiger partial charge on any atom is -0.496 e. The van der Waals surface area contributed by atoms with Crippen LogP contribution in [0.2, 0.25) is 5.02 Å². The molecule has 0 radical (unpaired) electrons. The van der Waals surface area contributed by atoms with Gasteiger partial charge in [-0.25, -0.2) is 8.78 Å². The average molecular weight is 663 g/mol. The van der Waals surface area contributed by atoms with Crippen LogP contribution in [0.1, 0.15) is 47.9 Å². The van der Waals surface area contributed by atoms with Gasteiger partial charge >= 0.3 is 0 Å². The van der Waals surface area contributed by atoms with Gasteiger partial charge in [0, 0.05) is 56.9 Å². The van der Waals surface area contributed by atoms with Crippen molar-refractivity contribution in [2.75, 3.05) is 33.3 Å². The molecule has 1 saturated carbocycles. The Morgan fingerprint density at radius 3 is 2.60 bits per heavy atom. The first-order valence-electron chi connectivity index (χ1n) is 16.5. The SMILES string of the molecule is COc1cccc(CN(C(=O)C2=C(c3ccc(CN4CC[C@H](Oc5c(F)ccc(F)c5Cl)C4)cc3)C[C@@H]3CNC[C@H]2N3)C2CC2)c1C. The van der Waals surface area contributed by atoms with E-state index in [4.69, 9.17) is 21.1 Å². The van der Waals surface area contributed by atoms with E-state index in [1.54, 1.807) is 7.11 Å². The Kier molecular flexibility index (Phi) is 9.24. The quantitative estimate of drug-likeness (QED) is 0.265. The predicted octanol–water partition coefficient (Wildman–Crippen LogP) is 5.87. The summed E-state index contributed by atoms with van der Waals surface area (Å²) in [5.74, 6) is -0.621. The number of piperazine rings is 1. The third kappa shape index (κ3) is 6.77. The molecule has 10 heteroatoms. The van der Waals surface area contributed by atoms with Crippen molar-refractivity contribution in [3.05, 3.63) is 99.1 Å². The van der Waals surface area contributed by atoms with E-state index in [9.17, 15) is 13.6 Å². The average Bonchev–Trinajstić information content (AvgIpc) is 3.83. The van der Waals surface area contributed by atoms with Crippen molar-refractivity contribution in [3.63, 3.8) is 0 Å². The zero-order valence-electron chi connectivity index (χ0n) is 26.8. The molecule has 3 aromatic carbocycles. The van der Waals surface area contributed by atoms with Crippen LogP contribution in [0, 0.1) is 18.6 Å². The Bertz CT molecular complexity index is 1680. The number of methoxy groups -OCH3 is 1. The monoisotopic (exact) mass is 662 g/mol. The molecule has 7 nitrogen and oxygen atoms in total. The summed E-state index contributed by atoms with van der Waals surface area (Å²) >= 11 is 5.98. The first-order valence-corrected chi connectivity index (χ1v) is 16.9. The summed E-state index contributed by atoms with van der Waals surface area (Å²) in [5, 5.41) is 6.94. The Morgan fingerprint density at radius 1 is 1.04 bits per heavy atom. The minimum atomic E-state index is -0.696. The summed E-state index contributed by atoms with van der Waals surface area (Å²) in [6.45, 7) is 6.28. The van der Waals surface area contributed by atoms with Crippen LogP contribution in [-0.2, 0) is 17.9 Å². The molecular weight excluding hydrogens is 622 g/mol. The topological polar surface area (TPSA) is 66.1 Å². The van der Waals surface area contributed by atoms with Crippen molar-refractivity contribution in [2.45, 2.75) is 69.9 Å². The largest absolute Gasteiger partial charge is 0.496 e. The van der Waals surface area contributed by atoms with E-state index < -0.39 is 11.6 Å². The van der Waals surface area contributed by atoms with Gasteiger partial charge in [0.2, 0.25) is 0 Å². The predicted molar refractivity (Wildman–Crippen MR) is 179 cm³/mol. The number of amides is 1. The van der Waals surface area contributed by atoms with Gasteiger partial charge in [-0.1, -0.05) is 48.0 Å². The zero-order valence-corrected chi connectivity index (χ0v) is 27.6. The van der Waals surface area contributed by atoms with Crippen molar-refractivity contribution in [1.29, 1.82) is 0 Å². The van der Waals surface area contributed by atoms with E-state index in [0.29, 0.717) is 26.1 Å². The maximum Gasteiger partial charge on any atom is 0.252 e. The van der Waals surface area contributed by atoms with Gasteiger partial charge in [-0.15, -0.1) is 0 Å². The summed E-state index contributed by atoms with van der Waals surface area (Å²) in [6.07, 6.45) is 3.25. The highest BCUT2D eigenvalue weighted by Gasteiger charge is 2.41. The van der Waals surface area contributed by atoms with Gasteiger partial charge in [0.25, 0.3) is 5.91 Å². The molecule has 248 valence electrons. The van der Waals surface area contributed by atoms with Gasteiger partial charge in [-0.2, -0.15) is 0 Å². The number of ether oxygens (including phenoxy) is 2. The van der Waals surface area contributed by atoms with Crippen molar-refractivity contribution >= 4 is 23.1 Å². The summed E-state index contributed by atoms with van der Waals surface area (Å²) in [7, 11) is 1.68. The molecule has 4 aliphatic rings. The van der Waals surface area contributed by atoms with Crippen LogP contribution >= 0.6 is 11.6 Å². The molecule has 7 rings (SSSR count). The molecule has 2 bridgehead atoms. The Balaban J connectivity index is 1.09. The number of nitrogens with zero attached hydrogens (tertiary/aromatic N) is 2. The van der Waals surface area contributed by atoms with Crippen molar-refractivity contribution in [1.82, 2.24) is 20.4 Å². The van der Waals surface area contributed by atoms with Crippen LogP contribution in [-0.4, -0.2) is 73.2 Å². The Labute approximate surface area is 279 Å². The molecule has 3 heterocycles. The molecule has 3 aliphatic heterocycles. The highest BCUT2D eigenvalue weighted by atomic mass is 35.5. The van der Waals surface area contributed by atoms with Crippen LogP contribution in [0.3, 0.4) is 0 Å². The van der Waals surface area contributed by atoms with Gasteiger partial charge < -0.3 is 25.0 Å². The lowest BCUT2D eigenvalue weighted by Gasteiger charge is -2.41. The third-order valence-corrected chi connectivity index (χ3v) is 10.3. The van der Waals surface area contributed by atoms with E-state index in [1.165, 1.54) is 0 Å². The molecule has 0 aromatic heterocycles. The second kappa shape index (κ2) is 13.5. The molecule has 0 spiro atoms. The molecule has 3 aromatic rings. The van der Waals surface area contributed by atoms with Crippen LogP contribution in [0.5, 0.6) is 11.5 Å². The van der Waals surface area contributed by atoms with E-state index in [1.807, 2.05) is 12.1 Å². The number of halogens is 3. The van der Waals surface area contributed by atoms with Gasteiger partial charge in [0.1, 0.15) is 22.7 Å². The van der Waals surface area contributed by atoms with E-state index in [-0.39, 0.29) is 40.9 Å². The van der Waals surface area contributed by atoms with E-state index in [0.717, 1.165) is 90.2 Å². The van der Waals surface area contributed by atoms with Gasteiger partial charge in [-0.05, 0) is 78.6 Å². The summed E-state index contributed by atoms with van der Waals surface area (Å²) < 4.78 is 39.5. The number of likely N-dealkylation sites (tertiary alicyclic amines) is 1. The van der Waals surface area contributed by atoms with Crippen molar-refractivity contribution < 1.29 is 23.0 Å². The first-order chi connectivity index (χ1) is 22.8. The second-order valence-corrected chi connectivity index (χ2v) is 13.6. The summed E-state index contributed by atoms with van der Waals surface area (Å²) in [4.78, 5) is 18.9. The molecule has 1 amide bonds. The molecule has 2 saturated heterocycles. The van der Waals surface area contributed by atoms with Gasteiger partial charge in [0.15, 0.2) is 11.6 Å². The van der Waals surface area contributed by atoms with E-state index in [2.05, 4.69) is 57.7 Å². The summed E-state index contributed by atoms with van der Waals surface area (Å²) in [5.41, 5.74) is 6.41. The fourth-order valence-electron chi connectivity index (χ4n) is 7.27. The van der Waals surface area contributed by atoms with Crippen LogP contribution in [0.15, 0.2) is 60.2 Å². The fraction of sp³-hybridized carbons (Fsp3) is 0.432. The maximum absolute atomic E-state index is 14.6. The Hall–Kier alpha value is -3.50. The lowest BCUT2D eigenvalue weighted by Crippen LogP contribution is -2.60. The number of rotatable bonds is 10. The highest BCUT2D eigenvalue weighted by Crippen LogP contribution is 2.37. The fourth-order valence-corrected chi connectivity index (χ4v) is 7.47. The third-order valence-electron chi connectivity index (χ3n) is 9.96. The molecule has 47 heavy (non-hydrogen) atoms. The van der Waals surface area contributed by atoms with Crippen molar-refractivity contribution in [3.8, 4) is 11.5 Å². The molecule has 0 unspecified atom stereocenters. The lowest BCUT2D eigenvalue weighted by atomic mass is 9.83. The number of fused-ring (bicyclic) bond motifs is 2. The highest BCUT2D eigenvalue weighted by molar-refractivity contribution is 6.32. The molecule has 3 atom stereocenters. The molecule has 3 fully saturated rings. The normalized spacial score (nSPS) is 22.8. The minimum absolute atomic E-state index is 0.0460. The Morgan fingerprint density at radius 2 is 1.83 bits per heavy atom. The molecule has 2 N–H and O–H groups in total. The van der Waals surface area contributed by atoms with Crippen molar-refractivity contribution in [2.24, 2.45) is 0 Å². The zero-order chi connectivity index (χ0) is 32.7. The number of nitrogens with one attached hydrogen (secondary N) is 2. The smallest absolute Gasteiger partial charge is 0.252 e. The lowest BCUT2D eigenvalue weighted by molar-refractivity contribution is -0.128. The number of hydrogen-bond acceptors (Lipinski definition) is 6. The van der Waals surface area contributed by atoms with Gasteiger partial charge in [0.05, 0.1) is 13.2 Å². The summed E-state index contributed by atoms with van der Waals surface area (Å²) in [6, 6.07) is 17.1. The second-order valence-electron chi connectivity index (χ2n) is 13.2. The van der Waals surface area contributed by atoms with Crippen LogP contribution < -0.4 is 20.1 Å². The van der Waals surface area contributed by atoms with E-state index >= 15 is 0 Å². The maximum atomic E-state index is 14.6. The van der Waals surface area contributed by atoms with Crippen LogP contribution in [0.4, 0.5) is 8.78 Å².